The van der Waals surface area contributed by atoms with Crippen LogP contribution < -0.4 is 22.0 Å². The third-order valence-corrected chi connectivity index (χ3v) is 4.72. The normalized spacial score (nSPS) is 15.9. The van der Waals surface area contributed by atoms with E-state index in [1.54, 1.807) is 0 Å². The van der Waals surface area contributed by atoms with Crippen LogP contribution >= 0.6 is 0 Å². The highest BCUT2D eigenvalue weighted by Gasteiger charge is 2.20. The Morgan fingerprint density at radius 3 is 2.44 bits per heavy atom. The number of hydrogen-bond acceptors (Lipinski definition) is 5. The first kappa shape index (κ1) is 21.5. The lowest BCUT2D eigenvalue weighted by molar-refractivity contribution is -0.00000772. The van der Waals surface area contributed by atoms with E-state index in [1.807, 2.05) is 36.5 Å². The van der Waals surface area contributed by atoms with E-state index in [9.17, 15) is 5.11 Å². The second-order valence-electron chi connectivity index (χ2n) is 6.83. The fraction of sp³-hybridized carbons (Fsp3) is 0.476. The van der Waals surface area contributed by atoms with Gasteiger partial charge in [-0.15, -0.1) is 0 Å². The Labute approximate surface area is 168 Å². The lowest BCUT2D eigenvalue weighted by Crippen LogP contribution is -3.00. The maximum Gasteiger partial charge on any atom is 0.128 e. The second kappa shape index (κ2) is 11.1. The van der Waals surface area contributed by atoms with Gasteiger partial charge in [-0.1, -0.05) is 31.5 Å². The molecular weight excluding hydrogens is 362 g/mol. The minimum absolute atomic E-state index is 0. The zero-order chi connectivity index (χ0) is 18.2. The molecule has 1 saturated heterocycles. The van der Waals surface area contributed by atoms with Gasteiger partial charge in [0.25, 0.3) is 0 Å². The molecule has 0 bridgehead atoms. The molecule has 0 aliphatic carbocycles. The van der Waals surface area contributed by atoms with Gasteiger partial charge in [-0.2, -0.15) is 0 Å². The molecule has 1 aromatic heterocycles. The lowest BCUT2D eigenvalue weighted by Gasteiger charge is -2.36. The molecule has 5 nitrogen and oxygen atoms in total. The van der Waals surface area contributed by atoms with Crippen LogP contribution in [0.15, 0.2) is 48.7 Å². The minimum Gasteiger partial charge on any atom is -1.00 e. The van der Waals surface area contributed by atoms with Crippen molar-refractivity contribution in [2.24, 2.45) is 0 Å². The van der Waals surface area contributed by atoms with Crippen LogP contribution in [-0.4, -0.2) is 60.4 Å². The molecule has 1 aromatic carbocycles. The maximum atomic E-state index is 10.3. The standard InChI is InChI=1S/C21H29N3O2.ClH/c1-2-5-18-7-9-20(10-8-18)26-17-19(25)16-23-12-14-24(15-13-23)21-6-3-4-11-22-21;/h3-4,6-11,19,25H,2,5,12-17H2,1H3;1H/p-1. The van der Waals surface area contributed by atoms with Gasteiger partial charge in [-0.05, 0) is 36.2 Å². The fourth-order valence-electron chi connectivity index (χ4n) is 3.28. The topological polar surface area (TPSA) is 48.8 Å². The van der Waals surface area contributed by atoms with Crippen LogP contribution in [0, 0.1) is 0 Å². The minimum atomic E-state index is -0.480. The van der Waals surface area contributed by atoms with E-state index in [0.717, 1.165) is 50.6 Å². The van der Waals surface area contributed by atoms with E-state index in [-0.39, 0.29) is 12.4 Å². The van der Waals surface area contributed by atoms with Crippen LogP contribution in [0.1, 0.15) is 18.9 Å². The van der Waals surface area contributed by atoms with Crippen LogP contribution in [-0.2, 0) is 6.42 Å². The number of aliphatic hydroxyl groups excluding tert-OH is 1. The number of β-amino-alcohol motifs (C(OH)–C–C–N with tert-alkyl or cyclic N) is 1. The van der Waals surface area contributed by atoms with E-state index in [4.69, 9.17) is 4.74 Å². The summed E-state index contributed by atoms with van der Waals surface area (Å²) in [5, 5.41) is 10.3. The van der Waals surface area contributed by atoms with Gasteiger partial charge in [-0.3, -0.25) is 4.90 Å². The van der Waals surface area contributed by atoms with E-state index >= 15 is 0 Å². The van der Waals surface area contributed by atoms with Gasteiger partial charge in [0, 0.05) is 38.9 Å². The molecule has 2 heterocycles. The molecule has 0 saturated carbocycles. The first-order chi connectivity index (χ1) is 12.7. The number of aliphatic hydroxyl groups is 1. The van der Waals surface area contributed by atoms with Crippen LogP contribution in [0.5, 0.6) is 5.75 Å². The average molecular weight is 391 g/mol. The first-order valence-electron chi connectivity index (χ1n) is 9.52. The van der Waals surface area contributed by atoms with Crippen molar-refractivity contribution in [3.05, 3.63) is 54.2 Å². The Morgan fingerprint density at radius 2 is 1.81 bits per heavy atom. The van der Waals surface area contributed by atoms with Gasteiger partial charge in [-0.25, -0.2) is 4.98 Å². The predicted molar refractivity (Wildman–Crippen MR) is 105 cm³/mol. The van der Waals surface area contributed by atoms with Crippen molar-refractivity contribution in [1.29, 1.82) is 0 Å². The number of anilines is 1. The summed E-state index contributed by atoms with van der Waals surface area (Å²) in [7, 11) is 0. The molecule has 1 aliphatic heterocycles. The Morgan fingerprint density at radius 1 is 1.07 bits per heavy atom. The van der Waals surface area contributed by atoms with Crippen LogP contribution in [0.3, 0.4) is 0 Å². The number of hydrogen-bond donors (Lipinski definition) is 1. The first-order valence-corrected chi connectivity index (χ1v) is 9.52. The average Bonchev–Trinajstić information content (AvgIpc) is 2.69. The van der Waals surface area contributed by atoms with Gasteiger partial charge in [0.05, 0.1) is 0 Å². The number of rotatable bonds is 8. The van der Waals surface area contributed by atoms with Crippen molar-refractivity contribution in [1.82, 2.24) is 9.88 Å². The number of nitrogens with zero attached hydrogens (tertiary/aromatic N) is 3. The lowest BCUT2D eigenvalue weighted by atomic mass is 10.1. The van der Waals surface area contributed by atoms with Crippen LogP contribution in [0.4, 0.5) is 5.82 Å². The van der Waals surface area contributed by atoms with E-state index in [0.29, 0.717) is 13.2 Å². The Bertz CT molecular complexity index is 646. The van der Waals surface area contributed by atoms with Crippen molar-refractivity contribution < 1.29 is 22.3 Å². The van der Waals surface area contributed by atoms with Gasteiger partial charge < -0.3 is 27.2 Å². The summed E-state index contributed by atoms with van der Waals surface area (Å²) >= 11 is 0. The zero-order valence-corrected chi connectivity index (χ0v) is 16.7. The number of aryl methyl sites for hydroxylation is 1. The Balaban J connectivity index is 0.00000261. The van der Waals surface area contributed by atoms with Gasteiger partial charge in [0.2, 0.25) is 0 Å². The van der Waals surface area contributed by atoms with Crippen molar-refractivity contribution >= 4 is 5.82 Å². The summed E-state index contributed by atoms with van der Waals surface area (Å²) in [6, 6.07) is 14.2. The summed E-state index contributed by atoms with van der Waals surface area (Å²) in [5.41, 5.74) is 1.33. The van der Waals surface area contributed by atoms with E-state index in [2.05, 4.69) is 33.8 Å². The van der Waals surface area contributed by atoms with Gasteiger partial charge in [0.15, 0.2) is 0 Å². The molecule has 2 aromatic rings. The largest absolute Gasteiger partial charge is 1.00 e. The molecule has 1 aliphatic rings. The number of halogens is 1. The van der Waals surface area contributed by atoms with Crippen LogP contribution in [0.2, 0.25) is 0 Å². The Kier molecular flexibility index (Phi) is 8.85. The van der Waals surface area contributed by atoms with Crippen molar-refractivity contribution in [2.75, 3.05) is 44.2 Å². The van der Waals surface area contributed by atoms with E-state index < -0.39 is 6.10 Å². The fourth-order valence-corrected chi connectivity index (χ4v) is 3.28. The highest BCUT2D eigenvalue weighted by molar-refractivity contribution is 5.38. The molecule has 27 heavy (non-hydrogen) atoms. The predicted octanol–water partition coefficient (Wildman–Crippen LogP) is -0.400. The van der Waals surface area contributed by atoms with E-state index in [1.165, 1.54) is 5.56 Å². The van der Waals surface area contributed by atoms with Crippen LogP contribution in [0.25, 0.3) is 0 Å². The summed E-state index contributed by atoms with van der Waals surface area (Å²) in [6.07, 6.45) is 3.59. The Hall–Kier alpha value is -1.82. The molecule has 0 spiro atoms. The number of benzene rings is 1. The zero-order valence-electron chi connectivity index (χ0n) is 15.9. The van der Waals surface area contributed by atoms with Gasteiger partial charge >= 0.3 is 0 Å². The number of pyridine rings is 1. The highest BCUT2D eigenvalue weighted by Crippen LogP contribution is 2.15. The molecule has 3 rings (SSSR count). The smallest absolute Gasteiger partial charge is 0.128 e. The summed E-state index contributed by atoms with van der Waals surface area (Å²) in [6.45, 7) is 6.88. The van der Waals surface area contributed by atoms with Crippen molar-refractivity contribution in [3.63, 3.8) is 0 Å². The van der Waals surface area contributed by atoms with Crippen molar-refractivity contribution in [3.8, 4) is 5.75 Å². The quantitative estimate of drug-likeness (QED) is 0.664. The molecule has 0 amide bonds. The maximum absolute atomic E-state index is 10.3. The molecule has 1 N–H and O–H groups in total. The molecule has 1 fully saturated rings. The monoisotopic (exact) mass is 390 g/mol. The SMILES string of the molecule is CCCc1ccc(OCC(O)CN2CCN(c3ccccn3)CC2)cc1.[Cl-]. The summed E-state index contributed by atoms with van der Waals surface area (Å²) in [5.74, 6) is 1.85. The molecular formula is C21H29ClN3O2-. The number of piperazine rings is 1. The third-order valence-electron chi connectivity index (χ3n) is 4.72. The second-order valence-corrected chi connectivity index (χ2v) is 6.83. The van der Waals surface area contributed by atoms with Gasteiger partial charge in [0.1, 0.15) is 24.3 Å². The van der Waals surface area contributed by atoms with Crippen molar-refractivity contribution in [2.45, 2.75) is 25.9 Å². The third kappa shape index (κ3) is 6.69. The summed E-state index contributed by atoms with van der Waals surface area (Å²) in [4.78, 5) is 8.99. The molecule has 6 heteroatoms. The summed E-state index contributed by atoms with van der Waals surface area (Å²) < 4.78 is 5.74. The number of ether oxygens (including phenoxy) is 1. The molecule has 1 atom stereocenters. The highest BCUT2D eigenvalue weighted by atomic mass is 35.5. The number of aromatic nitrogens is 1. The molecule has 0 radical (unpaired) electrons. The molecule has 1 unspecified atom stereocenters. The molecule has 148 valence electrons.